The number of rotatable bonds is 21. The van der Waals surface area contributed by atoms with Gasteiger partial charge in [-0.25, -0.2) is 0 Å². The molecule has 0 fully saturated rings. The number of unbranched alkanes of at least 4 members (excludes halogenated alkanes) is 18. The van der Waals surface area contributed by atoms with E-state index in [1.165, 1.54) is 116 Å². The average molecular weight is 367 g/mol. The first-order chi connectivity index (χ1) is 12.8. The Kier molecular flexibility index (Phi) is 21.6. The van der Waals surface area contributed by atoms with Gasteiger partial charge in [0.15, 0.2) is 0 Å². The molecule has 0 saturated carbocycles. The van der Waals surface area contributed by atoms with Gasteiger partial charge in [0, 0.05) is 0 Å². The van der Waals surface area contributed by atoms with E-state index in [1.807, 2.05) is 6.08 Å². The van der Waals surface area contributed by atoms with E-state index in [9.17, 15) is 4.79 Å². The van der Waals surface area contributed by atoms with E-state index in [0.717, 1.165) is 6.42 Å². The maximum absolute atomic E-state index is 10.3. The van der Waals surface area contributed by atoms with Gasteiger partial charge < -0.3 is 5.11 Å². The Morgan fingerprint density at radius 2 is 0.923 bits per heavy atom. The molecule has 0 rings (SSSR count). The fourth-order valence-electron chi connectivity index (χ4n) is 3.47. The van der Waals surface area contributed by atoms with Crippen LogP contribution < -0.4 is 0 Å². The molecule has 0 aliphatic rings. The molecular formula is C24H46O2. The van der Waals surface area contributed by atoms with Crippen molar-refractivity contribution in [2.45, 2.75) is 135 Å². The van der Waals surface area contributed by atoms with Crippen molar-refractivity contribution >= 4 is 5.97 Å². The minimum atomic E-state index is -0.737. The van der Waals surface area contributed by atoms with E-state index in [0.29, 0.717) is 0 Å². The van der Waals surface area contributed by atoms with Crippen LogP contribution in [0.1, 0.15) is 135 Å². The number of carboxylic acid groups (broad SMARTS) is 1. The predicted molar refractivity (Wildman–Crippen MR) is 115 cm³/mol. The lowest BCUT2D eigenvalue weighted by Crippen LogP contribution is -1.89. The number of allylic oxidation sites excluding steroid dienone is 1. The highest BCUT2D eigenvalue weighted by Crippen LogP contribution is 2.14. The Balaban J connectivity index is 3.03. The van der Waals surface area contributed by atoms with Crippen molar-refractivity contribution < 1.29 is 9.90 Å². The van der Waals surface area contributed by atoms with E-state index in [2.05, 4.69) is 6.92 Å². The quantitative estimate of drug-likeness (QED) is 0.163. The summed E-state index contributed by atoms with van der Waals surface area (Å²) in [5.74, 6) is -0.737. The van der Waals surface area contributed by atoms with Gasteiger partial charge in [-0.2, -0.15) is 0 Å². The van der Waals surface area contributed by atoms with Gasteiger partial charge in [0.2, 0.25) is 0 Å². The standard InChI is InChI=1S/C24H46O2/c1-2-3-4-5-6-7-8-9-10-11-12-13-14-15-16-17-18-19-20-21-22-23-24(25)26/h21-22H,2-20,23H2,1H3,(H,25,26)/b22-21+. The van der Waals surface area contributed by atoms with Gasteiger partial charge in [-0.3, -0.25) is 4.79 Å². The normalized spacial score (nSPS) is 11.4. The van der Waals surface area contributed by atoms with Crippen LogP contribution in [-0.2, 0) is 4.79 Å². The molecular weight excluding hydrogens is 320 g/mol. The van der Waals surface area contributed by atoms with Crippen molar-refractivity contribution in [3.8, 4) is 0 Å². The molecule has 1 N–H and O–H groups in total. The van der Waals surface area contributed by atoms with Crippen molar-refractivity contribution in [1.82, 2.24) is 0 Å². The summed E-state index contributed by atoms with van der Waals surface area (Å²) in [6.07, 6.45) is 30.2. The smallest absolute Gasteiger partial charge is 0.307 e. The van der Waals surface area contributed by atoms with E-state index >= 15 is 0 Å². The van der Waals surface area contributed by atoms with Crippen LogP contribution in [0.25, 0.3) is 0 Å². The highest BCUT2D eigenvalue weighted by atomic mass is 16.4. The van der Waals surface area contributed by atoms with E-state index in [1.54, 1.807) is 6.08 Å². The molecule has 0 aromatic heterocycles. The molecule has 0 amide bonds. The number of aliphatic carboxylic acids is 1. The van der Waals surface area contributed by atoms with Crippen LogP contribution in [0.3, 0.4) is 0 Å². The highest BCUT2D eigenvalue weighted by molar-refractivity contribution is 5.68. The summed E-state index contributed by atoms with van der Waals surface area (Å²) in [5.41, 5.74) is 0. The number of hydrogen-bond acceptors (Lipinski definition) is 1. The Hall–Kier alpha value is -0.790. The maximum Gasteiger partial charge on any atom is 0.307 e. The zero-order valence-electron chi connectivity index (χ0n) is 17.7. The first kappa shape index (κ1) is 25.2. The van der Waals surface area contributed by atoms with Crippen molar-refractivity contribution in [3.05, 3.63) is 12.2 Å². The first-order valence-corrected chi connectivity index (χ1v) is 11.6. The number of hydrogen-bond donors (Lipinski definition) is 1. The average Bonchev–Trinajstić information content (AvgIpc) is 2.62. The third kappa shape index (κ3) is 23.2. The molecule has 2 nitrogen and oxygen atoms in total. The molecule has 0 unspecified atom stereocenters. The van der Waals surface area contributed by atoms with Gasteiger partial charge in [0.05, 0.1) is 6.42 Å². The maximum atomic E-state index is 10.3. The molecule has 0 heterocycles. The third-order valence-electron chi connectivity index (χ3n) is 5.18. The number of carboxylic acids is 1. The third-order valence-corrected chi connectivity index (χ3v) is 5.18. The summed E-state index contributed by atoms with van der Waals surface area (Å²) < 4.78 is 0. The Morgan fingerprint density at radius 1 is 0.577 bits per heavy atom. The lowest BCUT2D eigenvalue weighted by molar-refractivity contribution is -0.136. The van der Waals surface area contributed by atoms with Crippen LogP contribution in [0.5, 0.6) is 0 Å². The molecule has 0 saturated heterocycles. The molecule has 154 valence electrons. The second-order valence-corrected chi connectivity index (χ2v) is 7.87. The SMILES string of the molecule is CCCCCCCCCCCCCCCCCCCC/C=C/CC(=O)O. The summed E-state index contributed by atoms with van der Waals surface area (Å²) in [7, 11) is 0. The fraction of sp³-hybridized carbons (Fsp3) is 0.875. The topological polar surface area (TPSA) is 37.3 Å². The van der Waals surface area contributed by atoms with Crippen LogP contribution in [0.2, 0.25) is 0 Å². The minimum Gasteiger partial charge on any atom is -0.481 e. The molecule has 0 aromatic carbocycles. The van der Waals surface area contributed by atoms with Gasteiger partial charge in [-0.15, -0.1) is 0 Å². The summed E-state index contributed by atoms with van der Waals surface area (Å²) in [6, 6.07) is 0. The van der Waals surface area contributed by atoms with Gasteiger partial charge in [0.25, 0.3) is 0 Å². The second kappa shape index (κ2) is 22.3. The predicted octanol–water partition coefficient (Wildman–Crippen LogP) is 8.45. The summed E-state index contributed by atoms with van der Waals surface area (Å²) in [6.45, 7) is 2.29. The van der Waals surface area contributed by atoms with Crippen LogP contribution in [0.4, 0.5) is 0 Å². The lowest BCUT2D eigenvalue weighted by Gasteiger charge is -2.03. The van der Waals surface area contributed by atoms with Crippen LogP contribution in [-0.4, -0.2) is 11.1 Å². The van der Waals surface area contributed by atoms with Gasteiger partial charge in [-0.1, -0.05) is 128 Å². The molecule has 0 spiro atoms. The molecule has 0 aliphatic carbocycles. The largest absolute Gasteiger partial charge is 0.481 e. The Labute approximate surface area is 163 Å². The molecule has 0 aromatic rings. The van der Waals surface area contributed by atoms with Crippen LogP contribution >= 0.6 is 0 Å². The van der Waals surface area contributed by atoms with E-state index in [4.69, 9.17) is 5.11 Å². The Bertz CT molecular complexity index is 309. The molecule has 0 atom stereocenters. The van der Waals surface area contributed by atoms with Crippen molar-refractivity contribution in [2.75, 3.05) is 0 Å². The number of carbonyl (C=O) groups is 1. The van der Waals surface area contributed by atoms with Crippen LogP contribution in [0.15, 0.2) is 12.2 Å². The van der Waals surface area contributed by atoms with Crippen molar-refractivity contribution in [3.63, 3.8) is 0 Å². The summed E-state index contributed by atoms with van der Waals surface area (Å²) in [5, 5.41) is 8.52. The van der Waals surface area contributed by atoms with E-state index in [-0.39, 0.29) is 6.42 Å². The highest BCUT2D eigenvalue weighted by Gasteiger charge is 1.95. The summed E-state index contributed by atoms with van der Waals surface area (Å²) >= 11 is 0. The van der Waals surface area contributed by atoms with Crippen molar-refractivity contribution in [1.29, 1.82) is 0 Å². The molecule has 0 bridgehead atoms. The lowest BCUT2D eigenvalue weighted by atomic mass is 10.0. The van der Waals surface area contributed by atoms with E-state index < -0.39 is 5.97 Å². The molecule has 26 heavy (non-hydrogen) atoms. The van der Waals surface area contributed by atoms with Gasteiger partial charge >= 0.3 is 5.97 Å². The Morgan fingerprint density at radius 3 is 1.27 bits per heavy atom. The molecule has 0 radical (unpaired) electrons. The second-order valence-electron chi connectivity index (χ2n) is 7.87. The minimum absolute atomic E-state index is 0.166. The summed E-state index contributed by atoms with van der Waals surface area (Å²) in [4.78, 5) is 10.3. The fourth-order valence-corrected chi connectivity index (χ4v) is 3.47. The zero-order valence-corrected chi connectivity index (χ0v) is 17.7. The van der Waals surface area contributed by atoms with Gasteiger partial charge in [-0.05, 0) is 12.8 Å². The molecule has 0 aliphatic heterocycles. The van der Waals surface area contributed by atoms with Gasteiger partial charge in [0.1, 0.15) is 0 Å². The molecule has 2 heteroatoms. The van der Waals surface area contributed by atoms with Crippen LogP contribution in [0, 0.1) is 0 Å². The first-order valence-electron chi connectivity index (χ1n) is 11.6. The monoisotopic (exact) mass is 366 g/mol. The van der Waals surface area contributed by atoms with Crippen molar-refractivity contribution in [2.24, 2.45) is 0 Å². The zero-order chi connectivity index (χ0) is 19.1.